The summed E-state index contributed by atoms with van der Waals surface area (Å²) in [6.45, 7) is 0.478. The summed E-state index contributed by atoms with van der Waals surface area (Å²) in [5, 5.41) is 13.4. The molecule has 5 aromatic rings. The summed E-state index contributed by atoms with van der Waals surface area (Å²) >= 11 is 6.34. The number of nitrogens with one attached hydrogen (secondary N) is 1. The molecular formula is C28H21ClN2O2. The topological polar surface area (TPSA) is 56.3 Å². The number of nitrogens with zero attached hydrogens (tertiary/aromatic N) is 1. The van der Waals surface area contributed by atoms with Crippen LogP contribution in [0.4, 0.5) is 5.69 Å². The first-order valence-corrected chi connectivity index (χ1v) is 11.5. The van der Waals surface area contributed by atoms with Gasteiger partial charge in [-0.3, -0.25) is 4.79 Å². The third kappa shape index (κ3) is 3.10. The number of hydrogen-bond acceptors (Lipinski definition) is 2. The van der Waals surface area contributed by atoms with E-state index in [-0.39, 0.29) is 17.6 Å². The van der Waals surface area contributed by atoms with Crippen molar-refractivity contribution in [2.45, 2.75) is 5.92 Å². The number of H-pyrrole nitrogens is 1. The molecule has 1 atom stereocenters. The zero-order valence-electron chi connectivity index (χ0n) is 17.8. The predicted octanol–water partition coefficient (Wildman–Crippen LogP) is 6.68. The van der Waals surface area contributed by atoms with Gasteiger partial charge in [0.05, 0.1) is 5.69 Å². The van der Waals surface area contributed by atoms with Gasteiger partial charge in [0, 0.05) is 40.7 Å². The third-order valence-corrected chi connectivity index (χ3v) is 6.93. The smallest absolute Gasteiger partial charge is 0.274 e. The molecule has 0 bridgehead atoms. The number of alkyl halides is 1. The second kappa shape index (κ2) is 7.68. The highest BCUT2D eigenvalue weighted by Crippen LogP contribution is 2.45. The molecule has 162 valence electrons. The van der Waals surface area contributed by atoms with Crippen LogP contribution in [0.15, 0.2) is 84.9 Å². The van der Waals surface area contributed by atoms with Crippen LogP contribution < -0.4 is 4.90 Å². The van der Waals surface area contributed by atoms with E-state index in [0.717, 1.165) is 44.1 Å². The summed E-state index contributed by atoms with van der Waals surface area (Å²) in [6, 6.07) is 27.5. The van der Waals surface area contributed by atoms with E-state index in [0.29, 0.717) is 18.1 Å². The maximum atomic E-state index is 13.7. The molecule has 0 spiro atoms. The van der Waals surface area contributed by atoms with E-state index >= 15 is 0 Å². The van der Waals surface area contributed by atoms with Crippen molar-refractivity contribution in [3.05, 3.63) is 96.2 Å². The Morgan fingerprint density at radius 2 is 1.70 bits per heavy atom. The first-order valence-electron chi connectivity index (χ1n) is 11.0. The van der Waals surface area contributed by atoms with Gasteiger partial charge in [-0.15, -0.1) is 11.6 Å². The lowest BCUT2D eigenvalue weighted by atomic mass is 9.95. The average Bonchev–Trinajstić information content (AvgIpc) is 3.46. The molecule has 0 saturated heterocycles. The van der Waals surface area contributed by atoms with Crippen LogP contribution in [-0.2, 0) is 0 Å². The number of phenols is 1. The van der Waals surface area contributed by atoms with Gasteiger partial charge >= 0.3 is 0 Å². The number of halogens is 1. The Bertz CT molecular complexity index is 1520. The van der Waals surface area contributed by atoms with Crippen LogP contribution in [0, 0.1) is 0 Å². The number of rotatable bonds is 3. The van der Waals surface area contributed by atoms with E-state index < -0.39 is 0 Å². The molecule has 1 amide bonds. The van der Waals surface area contributed by atoms with Crippen molar-refractivity contribution in [2.24, 2.45) is 0 Å². The molecule has 33 heavy (non-hydrogen) atoms. The Morgan fingerprint density at radius 3 is 2.48 bits per heavy atom. The standard InChI is InChI=1S/C28H21ClN2O2/c29-15-18-16-31(25-14-26(32)20-9-4-5-10-21(20)27(18)25)28(33)24-13-22-19(11-6-12-23(22)30-24)17-7-2-1-3-8-17/h1-14,18,30,32H,15-16H2. The zero-order chi connectivity index (χ0) is 22.5. The normalized spacial score (nSPS) is 15.3. The lowest BCUT2D eigenvalue weighted by Gasteiger charge is -2.17. The van der Waals surface area contributed by atoms with Crippen molar-refractivity contribution in [1.82, 2.24) is 4.98 Å². The number of phenolic OH excluding ortho intramolecular Hbond substituents is 1. The van der Waals surface area contributed by atoms with Gasteiger partial charge in [-0.1, -0.05) is 66.7 Å². The number of benzene rings is 4. The SMILES string of the molecule is O=C(c1cc2c(-c3ccccc3)cccc2[nH]1)N1CC(CCl)c2c1cc(O)c1ccccc21. The van der Waals surface area contributed by atoms with Crippen molar-refractivity contribution in [1.29, 1.82) is 0 Å². The fourth-order valence-corrected chi connectivity index (χ4v) is 5.28. The van der Waals surface area contributed by atoms with Crippen LogP contribution in [0.5, 0.6) is 5.75 Å². The number of carbonyl (C=O) groups is 1. The molecule has 0 saturated carbocycles. The fraction of sp³-hybridized carbons (Fsp3) is 0.107. The summed E-state index contributed by atoms with van der Waals surface area (Å²) in [5.41, 5.74) is 5.35. The molecule has 0 aliphatic carbocycles. The molecule has 1 aliphatic heterocycles. The zero-order valence-corrected chi connectivity index (χ0v) is 18.5. The Balaban J connectivity index is 1.47. The largest absolute Gasteiger partial charge is 0.507 e. The molecule has 6 rings (SSSR count). The van der Waals surface area contributed by atoms with E-state index in [1.165, 1.54) is 0 Å². The summed E-state index contributed by atoms with van der Waals surface area (Å²) < 4.78 is 0. The van der Waals surface area contributed by atoms with Crippen LogP contribution in [0.25, 0.3) is 32.8 Å². The Kier molecular flexibility index (Phi) is 4.63. The second-order valence-corrected chi connectivity index (χ2v) is 8.77. The van der Waals surface area contributed by atoms with Gasteiger partial charge in [0.1, 0.15) is 11.4 Å². The molecule has 5 heteroatoms. The molecule has 1 unspecified atom stereocenters. The third-order valence-electron chi connectivity index (χ3n) is 6.56. The molecule has 1 aliphatic rings. The van der Waals surface area contributed by atoms with E-state index in [1.54, 1.807) is 11.0 Å². The molecule has 4 aromatic carbocycles. The molecule has 2 heterocycles. The lowest BCUT2D eigenvalue weighted by Crippen LogP contribution is -2.30. The van der Waals surface area contributed by atoms with Crippen LogP contribution in [-0.4, -0.2) is 28.4 Å². The molecule has 0 radical (unpaired) electrons. The minimum Gasteiger partial charge on any atom is -0.507 e. The molecule has 1 aromatic heterocycles. The Labute approximate surface area is 196 Å². The summed E-state index contributed by atoms with van der Waals surface area (Å²) in [6.07, 6.45) is 0. The van der Waals surface area contributed by atoms with Gasteiger partial charge in [-0.2, -0.15) is 0 Å². The van der Waals surface area contributed by atoms with Crippen molar-refractivity contribution in [2.75, 3.05) is 17.3 Å². The predicted molar refractivity (Wildman–Crippen MR) is 134 cm³/mol. The highest BCUT2D eigenvalue weighted by Gasteiger charge is 2.35. The van der Waals surface area contributed by atoms with Gasteiger partial charge in [-0.25, -0.2) is 0 Å². The number of amides is 1. The van der Waals surface area contributed by atoms with Gasteiger partial charge in [0.25, 0.3) is 5.91 Å². The van der Waals surface area contributed by atoms with Crippen molar-refractivity contribution >= 4 is 44.9 Å². The minimum absolute atomic E-state index is 0.000347. The highest BCUT2D eigenvalue weighted by atomic mass is 35.5. The van der Waals surface area contributed by atoms with Crippen LogP contribution in [0.2, 0.25) is 0 Å². The number of aromatic amines is 1. The molecular weight excluding hydrogens is 432 g/mol. The minimum atomic E-state index is -0.131. The maximum absolute atomic E-state index is 13.7. The van der Waals surface area contributed by atoms with Crippen LogP contribution in [0.1, 0.15) is 22.0 Å². The first kappa shape index (κ1) is 19.9. The van der Waals surface area contributed by atoms with Gasteiger partial charge < -0.3 is 15.0 Å². The quantitative estimate of drug-likeness (QED) is 0.300. The summed E-state index contributed by atoms with van der Waals surface area (Å²) in [7, 11) is 0. The van der Waals surface area contributed by atoms with Gasteiger partial charge in [0.2, 0.25) is 0 Å². The number of anilines is 1. The number of aromatic hydroxyl groups is 1. The lowest BCUT2D eigenvalue weighted by molar-refractivity contribution is 0.0984. The first-order chi connectivity index (χ1) is 16.2. The van der Waals surface area contributed by atoms with E-state index in [2.05, 4.69) is 23.2 Å². The summed E-state index contributed by atoms with van der Waals surface area (Å²) in [4.78, 5) is 18.8. The fourth-order valence-electron chi connectivity index (χ4n) is 5.03. The average molecular weight is 453 g/mol. The number of aromatic nitrogens is 1. The van der Waals surface area contributed by atoms with E-state index in [1.807, 2.05) is 60.7 Å². The van der Waals surface area contributed by atoms with E-state index in [4.69, 9.17) is 11.6 Å². The Morgan fingerprint density at radius 1 is 0.939 bits per heavy atom. The van der Waals surface area contributed by atoms with Crippen LogP contribution in [0.3, 0.4) is 0 Å². The van der Waals surface area contributed by atoms with E-state index in [9.17, 15) is 9.90 Å². The van der Waals surface area contributed by atoms with Crippen LogP contribution >= 0.6 is 11.6 Å². The number of carbonyl (C=O) groups excluding carboxylic acids is 1. The highest BCUT2D eigenvalue weighted by molar-refractivity contribution is 6.19. The molecule has 0 fully saturated rings. The van der Waals surface area contributed by atoms with Crippen molar-refractivity contribution < 1.29 is 9.90 Å². The number of hydrogen-bond donors (Lipinski definition) is 2. The Hall–Kier alpha value is -3.76. The number of fused-ring (bicyclic) bond motifs is 4. The van der Waals surface area contributed by atoms with Gasteiger partial charge in [0.15, 0.2) is 0 Å². The summed E-state index contributed by atoms with van der Waals surface area (Å²) in [5.74, 6) is 0.436. The second-order valence-electron chi connectivity index (χ2n) is 8.46. The molecule has 2 N–H and O–H groups in total. The maximum Gasteiger partial charge on any atom is 0.274 e. The van der Waals surface area contributed by atoms with Crippen molar-refractivity contribution in [3.63, 3.8) is 0 Å². The monoisotopic (exact) mass is 452 g/mol. The van der Waals surface area contributed by atoms with Gasteiger partial charge in [-0.05, 0) is 34.2 Å². The van der Waals surface area contributed by atoms with Crippen molar-refractivity contribution in [3.8, 4) is 16.9 Å². The molecule has 4 nitrogen and oxygen atoms in total.